The molecular formula is C14H26N2. The van der Waals surface area contributed by atoms with Gasteiger partial charge in [0.1, 0.15) is 0 Å². The van der Waals surface area contributed by atoms with E-state index in [2.05, 4.69) is 17.1 Å². The molecule has 2 saturated carbocycles. The first-order chi connectivity index (χ1) is 7.85. The number of fused-ring (bicyclic) bond motifs is 2. The van der Waals surface area contributed by atoms with Crippen molar-refractivity contribution in [1.82, 2.24) is 10.2 Å². The molecule has 92 valence electrons. The fourth-order valence-electron chi connectivity index (χ4n) is 4.23. The monoisotopic (exact) mass is 222 g/mol. The molecule has 1 heterocycles. The van der Waals surface area contributed by atoms with Crippen LogP contribution >= 0.6 is 0 Å². The molecular weight excluding hydrogens is 196 g/mol. The van der Waals surface area contributed by atoms with Crippen molar-refractivity contribution in [3.8, 4) is 0 Å². The Labute approximate surface area is 99.8 Å². The van der Waals surface area contributed by atoms with Gasteiger partial charge in [-0.25, -0.2) is 0 Å². The lowest BCUT2D eigenvalue weighted by molar-refractivity contribution is 0.179. The second-order valence-electron chi connectivity index (χ2n) is 6.18. The van der Waals surface area contributed by atoms with E-state index < -0.39 is 0 Å². The van der Waals surface area contributed by atoms with Gasteiger partial charge >= 0.3 is 0 Å². The lowest BCUT2D eigenvalue weighted by atomic mass is 9.93. The van der Waals surface area contributed by atoms with Crippen molar-refractivity contribution in [1.29, 1.82) is 0 Å². The van der Waals surface area contributed by atoms with Crippen molar-refractivity contribution in [3.63, 3.8) is 0 Å². The molecule has 2 aliphatic carbocycles. The minimum absolute atomic E-state index is 0.790. The van der Waals surface area contributed by atoms with E-state index in [0.717, 1.165) is 23.9 Å². The molecule has 0 aromatic rings. The highest BCUT2D eigenvalue weighted by Crippen LogP contribution is 2.44. The molecule has 4 unspecified atom stereocenters. The van der Waals surface area contributed by atoms with E-state index in [4.69, 9.17) is 0 Å². The van der Waals surface area contributed by atoms with E-state index in [9.17, 15) is 0 Å². The molecule has 0 spiro atoms. The van der Waals surface area contributed by atoms with Gasteiger partial charge in [-0.2, -0.15) is 0 Å². The van der Waals surface area contributed by atoms with Crippen LogP contribution in [0, 0.1) is 11.8 Å². The molecule has 1 saturated heterocycles. The van der Waals surface area contributed by atoms with Crippen LogP contribution in [-0.2, 0) is 0 Å². The normalized spacial score (nSPS) is 44.1. The number of hydrogen-bond acceptors (Lipinski definition) is 2. The summed E-state index contributed by atoms with van der Waals surface area (Å²) in [6.45, 7) is 6.14. The second-order valence-corrected chi connectivity index (χ2v) is 6.18. The minimum Gasteiger partial charge on any atom is -0.310 e. The van der Waals surface area contributed by atoms with Gasteiger partial charge in [0.2, 0.25) is 0 Å². The van der Waals surface area contributed by atoms with Gasteiger partial charge in [-0.05, 0) is 57.0 Å². The predicted octanol–water partition coefficient (Wildman–Crippen LogP) is 2.25. The first-order valence-corrected chi connectivity index (χ1v) is 7.33. The number of piperidine rings is 1. The fourth-order valence-corrected chi connectivity index (χ4v) is 4.23. The minimum atomic E-state index is 0.790. The standard InChI is InChI=1S/C14H26N2/c1-2-16-7-3-4-13(10-16)15-14-9-11-5-6-12(14)8-11/h11-15H,2-10H2,1H3. The van der Waals surface area contributed by atoms with E-state index >= 15 is 0 Å². The van der Waals surface area contributed by atoms with Crippen LogP contribution in [0.3, 0.4) is 0 Å². The van der Waals surface area contributed by atoms with Gasteiger partial charge in [0, 0.05) is 18.6 Å². The van der Waals surface area contributed by atoms with Crippen LogP contribution in [0.1, 0.15) is 45.4 Å². The van der Waals surface area contributed by atoms with Gasteiger partial charge in [-0.3, -0.25) is 0 Å². The van der Waals surface area contributed by atoms with Crippen LogP contribution in [0.25, 0.3) is 0 Å². The summed E-state index contributed by atoms with van der Waals surface area (Å²) >= 11 is 0. The first kappa shape index (κ1) is 11.0. The lowest BCUT2D eigenvalue weighted by Crippen LogP contribution is -2.50. The van der Waals surface area contributed by atoms with E-state index in [1.165, 1.54) is 58.2 Å². The SMILES string of the molecule is CCN1CCCC(NC2CC3CCC2C3)C1. The summed E-state index contributed by atoms with van der Waals surface area (Å²) in [4.78, 5) is 2.61. The highest BCUT2D eigenvalue weighted by molar-refractivity contribution is 4.96. The summed E-state index contributed by atoms with van der Waals surface area (Å²) < 4.78 is 0. The first-order valence-electron chi connectivity index (χ1n) is 7.33. The van der Waals surface area contributed by atoms with Crippen molar-refractivity contribution in [3.05, 3.63) is 0 Å². The Bertz CT molecular complexity index is 241. The summed E-state index contributed by atoms with van der Waals surface area (Å²) in [5.74, 6) is 2.11. The van der Waals surface area contributed by atoms with E-state index in [0.29, 0.717) is 0 Å². The zero-order valence-corrected chi connectivity index (χ0v) is 10.6. The van der Waals surface area contributed by atoms with Gasteiger partial charge in [0.25, 0.3) is 0 Å². The summed E-state index contributed by atoms with van der Waals surface area (Å²) in [6.07, 6.45) is 8.84. The Hall–Kier alpha value is -0.0800. The van der Waals surface area contributed by atoms with Crippen LogP contribution in [-0.4, -0.2) is 36.6 Å². The summed E-state index contributed by atoms with van der Waals surface area (Å²) in [7, 11) is 0. The maximum absolute atomic E-state index is 3.97. The van der Waals surface area contributed by atoms with Gasteiger partial charge in [0.15, 0.2) is 0 Å². The molecule has 2 heteroatoms. The Balaban J connectivity index is 1.51. The number of nitrogens with zero attached hydrogens (tertiary/aromatic N) is 1. The zero-order valence-electron chi connectivity index (χ0n) is 10.6. The largest absolute Gasteiger partial charge is 0.310 e. The van der Waals surface area contributed by atoms with Crippen molar-refractivity contribution in [2.45, 2.75) is 57.5 Å². The molecule has 16 heavy (non-hydrogen) atoms. The molecule has 0 radical (unpaired) electrons. The molecule has 2 bridgehead atoms. The Kier molecular flexibility index (Phi) is 3.21. The summed E-state index contributed by atoms with van der Waals surface area (Å²) in [5.41, 5.74) is 0. The molecule has 3 aliphatic rings. The predicted molar refractivity (Wildman–Crippen MR) is 67.5 cm³/mol. The Morgan fingerprint density at radius 1 is 1.19 bits per heavy atom. The number of hydrogen-bond donors (Lipinski definition) is 1. The van der Waals surface area contributed by atoms with E-state index in [1.807, 2.05) is 0 Å². The third-order valence-corrected chi connectivity index (χ3v) is 5.14. The number of nitrogens with one attached hydrogen (secondary N) is 1. The zero-order chi connectivity index (χ0) is 11.0. The molecule has 1 N–H and O–H groups in total. The van der Waals surface area contributed by atoms with E-state index in [-0.39, 0.29) is 0 Å². The van der Waals surface area contributed by atoms with Gasteiger partial charge < -0.3 is 10.2 Å². The van der Waals surface area contributed by atoms with Crippen LogP contribution in [0.15, 0.2) is 0 Å². The summed E-state index contributed by atoms with van der Waals surface area (Å²) in [5, 5.41) is 3.97. The molecule has 4 atom stereocenters. The third-order valence-electron chi connectivity index (χ3n) is 5.14. The number of rotatable bonds is 3. The average molecular weight is 222 g/mol. The van der Waals surface area contributed by atoms with Crippen molar-refractivity contribution < 1.29 is 0 Å². The highest BCUT2D eigenvalue weighted by atomic mass is 15.2. The van der Waals surface area contributed by atoms with Crippen molar-refractivity contribution in [2.24, 2.45) is 11.8 Å². The van der Waals surface area contributed by atoms with Crippen LogP contribution in [0.2, 0.25) is 0 Å². The van der Waals surface area contributed by atoms with Crippen LogP contribution in [0.4, 0.5) is 0 Å². The van der Waals surface area contributed by atoms with Crippen LogP contribution in [0.5, 0.6) is 0 Å². The van der Waals surface area contributed by atoms with Gasteiger partial charge in [-0.1, -0.05) is 13.3 Å². The van der Waals surface area contributed by atoms with Crippen molar-refractivity contribution >= 4 is 0 Å². The van der Waals surface area contributed by atoms with Gasteiger partial charge in [0.05, 0.1) is 0 Å². The third kappa shape index (κ3) is 2.14. The molecule has 3 fully saturated rings. The lowest BCUT2D eigenvalue weighted by Gasteiger charge is -2.36. The molecule has 0 aromatic heterocycles. The second kappa shape index (κ2) is 4.66. The molecule has 3 rings (SSSR count). The van der Waals surface area contributed by atoms with E-state index in [1.54, 1.807) is 0 Å². The van der Waals surface area contributed by atoms with Gasteiger partial charge in [-0.15, -0.1) is 0 Å². The maximum Gasteiger partial charge on any atom is 0.0198 e. The molecule has 0 aromatic carbocycles. The highest BCUT2D eigenvalue weighted by Gasteiger charge is 2.40. The maximum atomic E-state index is 3.97. The smallest absolute Gasteiger partial charge is 0.0198 e. The number of likely N-dealkylation sites (tertiary alicyclic amines) is 1. The number of likely N-dealkylation sites (N-methyl/N-ethyl adjacent to an activating group) is 1. The van der Waals surface area contributed by atoms with Crippen LogP contribution < -0.4 is 5.32 Å². The Morgan fingerprint density at radius 3 is 2.81 bits per heavy atom. The molecule has 0 amide bonds. The Morgan fingerprint density at radius 2 is 2.12 bits per heavy atom. The van der Waals surface area contributed by atoms with Crippen molar-refractivity contribution in [2.75, 3.05) is 19.6 Å². The molecule has 1 aliphatic heterocycles. The quantitative estimate of drug-likeness (QED) is 0.788. The average Bonchev–Trinajstić information content (AvgIpc) is 2.91. The topological polar surface area (TPSA) is 15.3 Å². The fraction of sp³-hybridized carbons (Fsp3) is 1.00. The summed E-state index contributed by atoms with van der Waals surface area (Å²) in [6, 6.07) is 1.67. The molecule has 2 nitrogen and oxygen atoms in total.